The number of piperidine rings is 1. The average Bonchev–Trinajstić information content (AvgIpc) is 3.44. The van der Waals surface area contributed by atoms with Crippen molar-refractivity contribution in [2.45, 2.75) is 74.8 Å². The summed E-state index contributed by atoms with van der Waals surface area (Å²) in [6, 6.07) is 7.85. The van der Waals surface area contributed by atoms with Crippen molar-refractivity contribution in [3.8, 4) is 17.6 Å². The molecule has 48 heavy (non-hydrogen) atoms. The van der Waals surface area contributed by atoms with Crippen molar-refractivity contribution in [3.05, 3.63) is 47.8 Å². The number of imidazole rings is 1. The Bertz CT molecular complexity index is 1790. The predicted molar refractivity (Wildman–Crippen MR) is 177 cm³/mol. The van der Waals surface area contributed by atoms with Gasteiger partial charge in [0, 0.05) is 44.1 Å². The van der Waals surface area contributed by atoms with E-state index in [2.05, 4.69) is 39.3 Å². The zero-order valence-electron chi connectivity index (χ0n) is 27.6. The molecule has 0 unspecified atom stereocenters. The number of aromatic nitrogens is 2. The van der Waals surface area contributed by atoms with Crippen molar-refractivity contribution in [1.29, 1.82) is 0 Å². The molecule has 1 amide bonds. The number of anilines is 1. The van der Waals surface area contributed by atoms with Gasteiger partial charge in [0.1, 0.15) is 17.8 Å². The Morgan fingerprint density at radius 1 is 1.10 bits per heavy atom. The van der Waals surface area contributed by atoms with Gasteiger partial charge in [0.25, 0.3) is 5.91 Å². The second-order valence-electron chi connectivity index (χ2n) is 12.7. The fraction of sp³-hybridized carbons (Fsp3) is 0.529. The molecule has 10 nitrogen and oxygen atoms in total. The first-order valence-electron chi connectivity index (χ1n) is 16.0. The van der Waals surface area contributed by atoms with Gasteiger partial charge in [0.05, 0.1) is 47.7 Å². The third-order valence-corrected chi connectivity index (χ3v) is 10.4. The summed E-state index contributed by atoms with van der Waals surface area (Å²) in [5, 5.41) is 6.17. The third kappa shape index (κ3) is 8.61. The molecule has 2 N–H and O–H groups in total. The van der Waals surface area contributed by atoms with Gasteiger partial charge in [-0.25, -0.2) is 13.4 Å². The standard InChI is InChI=1S/C34H42F3N5O5S/c1-22-19-41(24-7-9-25(46-2)10-8-24)15-13-28(22)40-33(43)27-16-23(17-30-32(27)39-21-42(30)20-34(35,36)37)6-5-14-38-29-18-26(48(4,44)45)11-12-31(29)47-3/h11-12,16-18,21-22,24-25,28,38H,7-10,13-15,19-20H2,1-4H3,(H,40,43)/t22-,24?,25?,28-/m0/s1. The number of hydrogen-bond donors (Lipinski definition) is 2. The van der Waals surface area contributed by atoms with Gasteiger partial charge in [-0.15, -0.1) is 0 Å². The molecule has 1 aliphatic carbocycles. The van der Waals surface area contributed by atoms with Gasteiger partial charge < -0.3 is 24.7 Å². The van der Waals surface area contributed by atoms with Crippen molar-refractivity contribution in [1.82, 2.24) is 19.8 Å². The summed E-state index contributed by atoms with van der Waals surface area (Å²) in [6.07, 6.45) is 3.05. The summed E-state index contributed by atoms with van der Waals surface area (Å²) in [6.45, 7) is 2.61. The largest absolute Gasteiger partial charge is 0.495 e. The molecule has 2 fully saturated rings. The number of likely N-dealkylation sites (tertiary alicyclic amines) is 1. The molecule has 3 aromatic rings. The Labute approximate surface area is 279 Å². The SMILES string of the molecule is COc1ccc(S(C)(=O)=O)cc1NCC#Cc1cc(C(=O)N[C@H]2CCN(C3CCC(OC)CC3)C[C@@H]2C)c2ncn(CC(F)(F)F)c2c1. The maximum Gasteiger partial charge on any atom is 0.406 e. The van der Waals surface area contributed by atoms with Gasteiger partial charge in [-0.1, -0.05) is 18.8 Å². The van der Waals surface area contributed by atoms with Crippen molar-refractivity contribution >= 4 is 32.5 Å². The maximum absolute atomic E-state index is 13.7. The number of rotatable bonds is 9. The van der Waals surface area contributed by atoms with Crippen LogP contribution >= 0.6 is 0 Å². The normalized spacial score (nSPS) is 22.1. The Hall–Kier alpha value is -3.80. The lowest BCUT2D eigenvalue weighted by Crippen LogP contribution is -2.53. The van der Waals surface area contributed by atoms with Crippen LogP contribution in [0.4, 0.5) is 18.9 Å². The van der Waals surface area contributed by atoms with Crippen LogP contribution in [0.25, 0.3) is 11.0 Å². The van der Waals surface area contributed by atoms with E-state index in [1.54, 1.807) is 13.2 Å². The van der Waals surface area contributed by atoms with Crippen molar-refractivity contribution in [2.24, 2.45) is 5.92 Å². The van der Waals surface area contributed by atoms with Crippen LogP contribution in [0.2, 0.25) is 0 Å². The molecule has 1 aliphatic heterocycles. The Balaban J connectivity index is 1.34. The van der Waals surface area contributed by atoms with E-state index in [0.717, 1.165) is 62.3 Å². The highest BCUT2D eigenvalue weighted by molar-refractivity contribution is 7.90. The minimum atomic E-state index is -4.49. The minimum Gasteiger partial charge on any atom is -0.495 e. The number of carbonyl (C=O) groups is 1. The monoisotopic (exact) mass is 689 g/mol. The van der Waals surface area contributed by atoms with Gasteiger partial charge >= 0.3 is 6.18 Å². The van der Waals surface area contributed by atoms with Crippen molar-refractivity contribution in [3.63, 3.8) is 0 Å². The summed E-state index contributed by atoms with van der Waals surface area (Å²) < 4.78 is 76.1. The Morgan fingerprint density at radius 2 is 1.85 bits per heavy atom. The van der Waals surface area contributed by atoms with E-state index < -0.39 is 28.5 Å². The number of hydrogen-bond acceptors (Lipinski definition) is 8. The first-order chi connectivity index (χ1) is 22.8. The molecule has 1 saturated carbocycles. The number of nitrogens with zero attached hydrogens (tertiary/aromatic N) is 3. The van der Waals surface area contributed by atoms with E-state index in [1.165, 1.54) is 31.4 Å². The number of halogens is 3. The molecule has 2 heterocycles. The maximum atomic E-state index is 13.7. The van der Waals surface area contributed by atoms with Gasteiger partial charge in [0.15, 0.2) is 9.84 Å². The summed E-state index contributed by atoms with van der Waals surface area (Å²) in [5.41, 5.74) is 1.22. The number of fused-ring (bicyclic) bond motifs is 1. The highest BCUT2D eigenvalue weighted by atomic mass is 32.2. The van der Waals surface area contributed by atoms with E-state index >= 15 is 0 Å². The predicted octanol–water partition coefficient (Wildman–Crippen LogP) is 4.87. The summed E-state index contributed by atoms with van der Waals surface area (Å²) in [7, 11) is -0.242. The number of benzene rings is 2. The summed E-state index contributed by atoms with van der Waals surface area (Å²) in [4.78, 5) is 20.6. The number of methoxy groups -OCH3 is 2. The van der Waals surface area contributed by atoms with Crippen LogP contribution in [0.5, 0.6) is 5.75 Å². The van der Waals surface area contributed by atoms with E-state index in [1.807, 2.05) is 0 Å². The van der Waals surface area contributed by atoms with Crippen LogP contribution in [0, 0.1) is 17.8 Å². The summed E-state index contributed by atoms with van der Waals surface area (Å²) in [5.74, 6) is 6.04. The zero-order valence-corrected chi connectivity index (χ0v) is 28.4. The van der Waals surface area contributed by atoms with E-state index in [-0.39, 0.29) is 40.0 Å². The first kappa shape index (κ1) is 35.5. The van der Waals surface area contributed by atoms with E-state index in [0.29, 0.717) is 29.1 Å². The minimum absolute atomic E-state index is 0.0637. The van der Waals surface area contributed by atoms with Crippen LogP contribution in [0.1, 0.15) is 54.9 Å². The number of ether oxygens (including phenoxy) is 2. The molecule has 2 aliphatic rings. The van der Waals surface area contributed by atoms with Crippen LogP contribution in [0.15, 0.2) is 41.6 Å². The molecular weight excluding hydrogens is 647 g/mol. The molecule has 2 aromatic carbocycles. The molecule has 5 rings (SSSR count). The van der Waals surface area contributed by atoms with Gasteiger partial charge in [0.2, 0.25) is 0 Å². The molecule has 14 heteroatoms. The number of alkyl halides is 3. The number of nitrogens with one attached hydrogen (secondary N) is 2. The molecule has 1 aromatic heterocycles. The lowest BCUT2D eigenvalue weighted by atomic mass is 9.87. The van der Waals surface area contributed by atoms with Crippen LogP contribution in [0.3, 0.4) is 0 Å². The van der Waals surface area contributed by atoms with Crippen LogP contribution in [-0.4, -0.2) is 93.2 Å². The second kappa shape index (κ2) is 14.8. The smallest absolute Gasteiger partial charge is 0.406 e. The molecule has 2 atom stereocenters. The molecule has 1 saturated heterocycles. The second-order valence-corrected chi connectivity index (χ2v) is 14.7. The zero-order chi connectivity index (χ0) is 34.6. The molecule has 0 spiro atoms. The number of amides is 1. The van der Waals surface area contributed by atoms with Crippen molar-refractivity contribution < 1.29 is 35.9 Å². The van der Waals surface area contributed by atoms with Gasteiger partial charge in [-0.05, 0) is 68.4 Å². The Kier molecular flexibility index (Phi) is 10.9. The Morgan fingerprint density at radius 3 is 2.50 bits per heavy atom. The fourth-order valence-corrected chi connectivity index (χ4v) is 7.33. The van der Waals surface area contributed by atoms with Gasteiger partial charge in [-0.3, -0.25) is 9.69 Å². The quantitative estimate of drug-likeness (QED) is 0.306. The summed E-state index contributed by atoms with van der Waals surface area (Å²) >= 11 is 0. The number of carbonyl (C=O) groups excluding carboxylic acids is 1. The third-order valence-electron chi connectivity index (χ3n) is 9.27. The lowest BCUT2D eigenvalue weighted by Gasteiger charge is -2.43. The topological polar surface area (TPSA) is 115 Å². The van der Waals surface area contributed by atoms with Crippen LogP contribution in [-0.2, 0) is 21.1 Å². The van der Waals surface area contributed by atoms with Crippen LogP contribution < -0.4 is 15.4 Å². The van der Waals surface area contributed by atoms with Gasteiger partial charge in [-0.2, -0.15) is 13.2 Å². The number of sulfone groups is 1. The first-order valence-corrected chi connectivity index (χ1v) is 17.9. The molecule has 0 bridgehead atoms. The molecule has 0 radical (unpaired) electrons. The van der Waals surface area contributed by atoms with Crippen molar-refractivity contribution in [2.75, 3.05) is 45.4 Å². The fourth-order valence-electron chi connectivity index (χ4n) is 6.69. The lowest BCUT2D eigenvalue weighted by molar-refractivity contribution is -0.139. The highest BCUT2D eigenvalue weighted by Crippen LogP contribution is 2.30. The highest BCUT2D eigenvalue weighted by Gasteiger charge is 2.34. The van der Waals surface area contributed by atoms with E-state index in [9.17, 15) is 26.4 Å². The molecule has 260 valence electrons. The van der Waals surface area contributed by atoms with E-state index in [4.69, 9.17) is 9.47 Å². The molecular formula is C34H42F3N5O5S. The average molecular weight is 690 g/mol.